The first kappa shape index (κ1) is 17.2. The van der Waals surface area contributed by atoms with E-state index >= 15 is 0 Å². The fourth-order valence-corrected chi connectivity index (χ4v) is 5.85. The number of piperidine rings is 1. The quantitative estimate of drug-likeness (QED) is 0.837. The lowest BCUT2D eigenvalue weighted by atomic mass is 9.95. The molecule has 1 aromatic rings. The van der Waals surface area contributed by atoms with Gasteiger partial charge in [0.15, 0.2) is 0 Å². The molecule has 21 heavy (non-hydrogen) atoms. The van der Waals surface area contributed by atoms with Gasteiger partial charge in [-0.1, -0.05) is 6.07 Å². The van der Waals surface area contributed by atoms with Gasteiger partial charge in [-0.15, -0.1) is 12.4 Å². The molecule has 7 heteroatoms. The van der Waals surface area contributed by atoms with E-state index in [1.54, 1.807) is 10.4 Å². The summed E-state index contributed by atoms with van der Waals surface area (Å²) in [6, 6.07) is 5.91. The van der Waals surface area contributed by atoms with Crippen molar-refractivity contribution >= 4 is 38.4 Å². The van der Waals surface area contributed by atoms with Gasteiger partial charge in [-0.05, 0) is 65.9 Å². The highest BCUT2D eigenvalue weighted by molar-refractivity contribution is 9.10. The summed E-state index contributed by atoms with van der Waals surface area (Å²) in [5, 5.41) is 3.46. The van der Waals surface area contributed by atoms with Crippen LogP contribution in [0.1, 0.15) is 18.4 Å². The third kappa shape index (κ3) is 3.29. The maximum atomic E-state index is 12.8. The number of nitrogens with zero attached hydrogens (tertiary/aromatic N) is 1. The van der Waals surface area contributed by atoms with E-state index in [-0.39, 0.29) is 12.4 Å². The third-order valence-corrected chi connectivity index (χ3v) is 7.17. The molecule has 2 fully saturated rings. The molecule has 2 aliphatic rings. The minimum Gasteiger partial charge on any atom is -0.314 e. The lowest BCUT2D eigenvalue weighted by Crippen LogP contribution is -2.46. The number of aryl methyl sites for hydroxylation is 1. The third-order valence-electron chi connectivity index (χ3n) is 4.32. The number of hydrogen-bond donors (Lipinski definition) is 1. The summed E-state index contributed by atoms with van der Waals surface area (Å²) in [7, 11) is -3.39. The van der Waals surface area contributed by atoms with Crippen molar-refractivity contribution < 1.29 is 8.42 Å². The predicted molar refractivity (Wildman–Crippen MR) is 89.4 cm³/mol. The number of rotatable bonds is 2. The fourth-order valence-electron chi connectivity index (χ4n) is 3.19. The zero-order valence-electron chi connectivity index (χ0n) is 11.9. The molecular weight excluding hydrogens is 376 g/mol. The fraction of sp³-hybridized carbons (Fsp3) is 0.571. The molecule has 2 unspecified atom stereocenters. The van der Waals surface area contributed by atoms with Crippen LogP contribution >= 0.6 is 28.3 Å². The van der Waals surface area contributed by atoms with E-state index in [9.17, 15) is 8.42 Å². The predicted octanol–water partition coefficient (Wildman–Crippen LogP) is 2.55. The van der Waals surface area contributed by atoms with Gasteiger partial charge in [-0.3, -0.25) is 0 Å². The zero-order chi connectivity index (χ0) is 14.3. The normalized spacial score (nSPS) is 26.2. The summed E-state index contributed by atoms with van der Waals surface area (Å²) in [6.07, 6.45) is 1.99. The second-order valence-electron chi connectivity index (χ2n) is 5.69. The standard InChI is InChI=1S/C14H19BrN2O2S.ClH/c1-10-2-3-14(12(15)8-10)20(18,19)17-7-5-13-11(9-17)4-6-16-13;/h2-3,8,11,13,16H,4-7,9H2,1H3;1H. The molecular formula is C14H20BrClN2O2S. The Morgan fingerprint density at radius 3 is 2.81 bits per heavy atom. The second kappa shape index (κ2) is 6.54. The lowest BCUT2D eigenvalue weighted by Gasteiger charge is -2.34. The molecule has 1 aromatic carbocycles. The van der Waals surface area contributed by atoms with Gasteiger partial charge < -0.3 is 5.32 Å². The van der Waals surface area contributed by atoms with Crippen LogP contribution < -0.4 is 5.32 Å². The Balaban J connectivity index is 0.00000161. The minimum atomic E-state index is -3.39. The van der Waals surface area contributed by atoms with Crippen LogP contribution in [0.15, 0.2) is 27.6 Å². The number of sulfonamides is 1. The Labute approximate surface area is 140 Å². The van der Waals surface area contributed by atoms with Gasteiger partial charge in [0.2, 0.25) is 10.0 Å². The summed E-state index contributed by atoms with van der Waals surface area (Å²) >= 11 is 3.39. The van der Waals surface area contributed by atoms with Crippen molar-refractivity contribution in [3.05, 3.63) is 28.2 Å². The van der Waals surface area contributed by atoms with Gasteiger partial charge in [0.05, 0.1) is 4.90 Å². The molecule has 0 saturated carbocycles. The van der Waals surface area contributed by atoms with Crippen LogP contribution in [0.2, 0.25) is 0 Å². The molecule has 0 aromatic heterocycles. The van der Waals surface area contributed by atoms with Crippen LogP contribution in [0.5, 0.6) is 0 Å². The van der Waals surface area contributed by atoms with E-state index in [4.69, 9.17) is 0 Å². The van der Waals surface area contributed by atoms with E-state index in [1.165, 1.54) is 0 Å². The second-order valence-corrected chi connectivity index (χ2v) is 8.46. The number of benzene rings is 1. The molecule has 2 heterocycles. The van der Waals surface area contributed by atoms with E-state index < -0.39 is 10.0 Å². The summed E-state index contributed by atoms with van der Waals surface area (Å²) in [6.45, 7) is 4.21. The van der Waals surface area contributed by atoms with Crippen LogP contribution in [0.4, 0.5) is 0 Å². The molecule has 0 amide bonds. The average Bonchev–Trinajstić information content (AvgIpc) is 2.85. The van der Waals surface area contributed by atoms with Crippen LogP contribution in [0.3, 0.4) is 0 Å². The number of halogens is 2. The molecule has 118 valence electrons. The van der Waals surface area contributed by atoms with E-state index in [2.05, 4.69) is 21.2 Å². The molecule has 4 nitrogen and oxygen atoms in total. The lowest BCUT2D eigenvalue weighted by molar-refractivity contribution is 0.247. The van der Waals surface area contributed by atoms with Crippen LogP contribution in [-0.2, 0) is 10.0 Å². The first-order valence-corrected chi connectivity index (χ1v) is 9.21. The Morgan fingerprint density at radius 2 is 2.10 bits per heavy atom. The van der Waals surface area contributed by atoms with Gasteiger partial charge in [0.1, 0.15) is 0 Å². The van der Waals surface area contributed by atoms with E-state index in [0.29, 0.717) is 34.4 Å². The zero-order valence-corrected chi connectivity index (χ0v) is 15.1. The van der Waals surface area contributed by atoms with Crippen LogP contribution in [0.25, 0.3) is 0 Å². The SMILES string of the molecule is Cc1ccc(S(=O)(=O)N2CCC3NCCC3C2)c(Br)c1.Cl. The monoisotopic (exact) mass is 394 g/mol. The van der Waals surface area contributed by atoms with Crippen molar-refractivity contribution in [1.82, 2.24) is 9.62 Å². The molecule has 0 radical (unpaired) electrons. The van der Waals surface area contributed by atoms with Crippen molar-refractivity contribution in [3.63, 3.8) is 0 Å². The maximum Gasteiger partial charge on any atom is 0.244 e. The summed E-state index contributed by atoms with van der Waals surface area (Å²) in [5.74, 6) is 0.461. The molecule has 0 spiro atoms. The highest BCUT2D eigenvalue weighted by Crippen LogP contribution is 2.31. The highest BCUT2D eigenvalue weighted by atomic mass is 79.9. The van der Waals surface area contributed by atoms with Crippen molar-refractivity contribution in [2.45, 2.75) is 30.7 Å². The van der Waals surface area contributed by atoms with E-state index in [1.807, 2.05) is 19.1 Å². The largest absolute Gasteiger partial charge is 0.314 e. The molecule has 0 bridgehead atoms. The topological polar surface area (TPSA) is 49.4 Å². The minimum absolute atomic E-state index is 0. The van der Waals surface area contributed by atoms with Crippen LogP contribution in [-0.4, -0.2) is 38.4 Å². The molecule has 2 atom stereocenters. The molecule has 0 aliphatic carbocycles. The smallest absolute Gasteiger partial charge is 0.244 e. The van der Waals surface area contributed by atoms with Crippen molar-refractivity contribution in [2.24, 2.45) is 5.92 Å². The van der Waals surface area contributed by atoms with Gasteiger partial charge in [-0.2, -0.15) is 4.31 Å². The Morgan fingerprint density at radius 1 is 1.33 bits per heavy atom. The Hall–Kier alpha value is -0.140. The number of fused-ring (bicyclic) bond motifs is 1. The Bertz CT molecular complexity index is 623. The van der Waals surface area contributed by atoms with Gasteiger partial charge in [0.25, 0.3) is 0 Å². The van der Waals surface area contributed by atoms with Crippen LogP contribution in [0, 0.1) is 12.8 Å². The average molecular weight is 396 g/mol. The Kier molecular flexibility index (Phi) is 5.36. The van der Waals surface area contributed by atoms with Gasteiger partial charge in [0, 0.05) is 23.6 Å². The van der Waals surface area contributed by atoms with E-state index in [0.717, 1.165) is 24.9 Å². The van der Waals surface area contributed by atoms with Gasteiger partial charge >= 0.3 is 0 Å². The van der Waals surface area contributed by atoms with Gasteiger partial charge in [-0.25, -0.2) is 8.42 Å². The van der Waals surface area contributed by atoms with Crippen molar-refractivity contribution in [2.75, 3.05) is 19.6 Å². The number of hydrogen-bond acceptors (Lipinski definition) is 3. The molecule has 1 N–H and O–H groups in total. The summed E-state index contributed by atoms with van der Waals surface area (Å²) in [4.78, 5) is 0.382. The molecule has 2 saturated heterocycles. The molecule has 2 aliphatic heterocycles. The van der Waals surface area contributed by atoms with Crippen molar-refractivity contribution in [1.29, 1.82) is 0 Å². The highest BCUT2D eigenvalue weighted by Gasteiger charge is 2.38. The first-order valence-electron chi connectivity index (χ1n) is 6.98. The maximum absolute atomic E-state index is 12.8. The van der Waals surface area contributed by atoms with Crippen molar-refractivity contribution in [3.8, 4) is 0 Å². The molecule has 3 rings (SSSR count). The first-order chi connectivity index (χ1) is 9.48. The summed E-state index contributed by atoms with van der Waals surface area (Å²) < 4.78 is 27.9. The number of nitrogens with one attached hydrogen (secondary N) is 1. The summed E-state index contributed by atoms with van der Waals surface area (Å²) in [5.41, 5.74) is 1.05.